The van der Waals surface area contributed by atoms with Gasteiger partial charge in [0, 0.05) is 6.42 Å². The summed E-state index contributed by atoms with van der Waals surface area (Å²) >= 11 is 10.4. The number of hydrazone groups is 1. The molecule has 27 heavy (non-hydrogen) atoms. The zero-order valence-corrected chi connectivity index (χ0v) is 15.9. The van der Waals surface area contributed by atoms with E-state index >= 15 is 0 Å². The quantitative estimate of drug-likeness (QED) is 0.558. The molecule has 2 aliphatic heterocycles. The third kappa shape index (κ3) is 3.32. The number of methoxy groups -OCH3 is 1. The van der Waals surface area contributed by atoms with Crippen molar-refractivity contribution in [1.29, 1.82) is 0 Å². The van der Waals surface area contributed by atoms with Crippen LogP contribution in [0.1, 0.15) is 12.5 Å². The molecule has 0 aliphatic carbocycles. The summed E-state index contributed by atoms with van der Waals surface area (Å²) in [5.41, 5.74) is 9.36. The fraction of sp³-hybridized carbons (Fsp3) is 0.400. The number of nitrogens with zero attached hydrogens (tertiary/aromatic N) is 5. The minimum Gasteiger partial charge on any atom is -0.494 e. The molecule has 0 unspecified atom stereocenters. The monoisotopic (exact) mass is 407 g/mol. The maximum absolute atomic E-state index is 5.88. The first-order valence-corrected chi connectivity index (χ1v) is 8.97. The van der Waals surface area contributed by atoms with Crippen LogP contribution in [0, 0.1) is 4.77 Å². The second-order valence-electron chi connectivity index (χ2n) is 5.98. The van der Waals surface area contributed by atoms with E-state index in [9.17, 15) is 0 Å². The van der Waals surface area contributed by atoms with E-state index in [1.165, 1.54) is 0 Å². The van der Waals surface area contributed by atoms with Crippen molar-refractivity contribution < 1.29 is 14.2 Å². The van der Waals surface area contributed by atoms with Crippen LogP contribution in [0.15, 0.2) is 29.4 Å². The topological polar surface area (TPSA) is 114 Å². The molecule has 1 aromatic heterocycles. The lowest BCUT2D eigenvalue weighted by atomic mass is 10.0. The van der Waals surface area contributed by atoms with Crippen LogP contribution in [-0.4, -0.2) is 56.7 Å². The van der Waals surface area contributed by atoms with Gasteiger partial charge >= 0.3 is 0 Å². The third-order valence-corrected chi connectivity index (χ3v) is 4.82. The summed E-state index contributed by atoms with van der Waals surface area (Å²) in [6, 6.07) is 7.23. The van der Waals surface area contributed by atoms with Crippen LogP contribution in [0.25, 0.3) is 5.69 Å². The lowest BCUT2D eigenvalue weighted by Gasteiger charge is -2.27. The van der Waals surface area contributed by atoms with Crippen molar-refractivity contribution >= 4 is 35.3 Å². The molecular weight excluding hydrogens is 390 g/mol. The standard InChI is InChI=1S/C15H17N7O3S2/c1-23-11-5-3-2-4-9(11)21-15(27)22(20-19-21)10-6-8(17-18-14(16)26)13-24-7-12(10)25-13/h2-5,10,12-13H,6-7H2,1H3,(H3,16,18,26)/b17-8+/t10-,12+,13+/m0/s1. The van der Waals surface area contributed by atoms with E-state index in [4.69, 9.17) is 44.4 Å². The van der Waals surface area contributed by atoms with Crippen molar-refractivity contribution in [2.24, 2.45) is 10.8 Å². The summed E-state index contributed by atoms with van der Waals surface area (Å²) in [5.74, 6) is 0.646. The largest absolute Gasteiger partial charge is 0.494 e. The molecule has 0 saturated carbocycles. The van der Waals surface area contributed by atoms with Crippen LogP contribution >= 0.6 is 24.4 Å². The summed E-state index contributed by atoms with van der Waals surface area (Å²) in [5, 5.41) is 12.7. The van der Waals surface area contributed by atoms with E-state index in [2.05, 4.69) is 21.0 Å². The number of hydrogen-bond acceptors (Lipinski definition) is 8. The predicted octanol–water partition coefficient (Wildman–Crippen LogP) is 0.682. The summed E-state index contributed by atoms with van der Waals surface area (Å²) in [4.78, 5) is 0. The number of thiocarbonyl (C=S) groups is 1. The first-order valence-electron chi connectivity index (χ1n) is 8.15. The smallest absolute Gasteiger partial charge is 0.221 e. The lowest BCUT2D eigenvalue weighted by Crippen LogP contribution is -2.39. The lowest BCUT2D eigenvalue weighted by molar-refractivity contribution is -0.0324. The van der Waals surface area contributed by atoms with Crippen molar-refractivity contribution in [3.8, 4) is 11.4 Å². The molecule has 10 nitrogen and oxygen atoms in total. The summed E-state index contributed by atoms with van der Waals surface area (Å²) < 4.78 is 20.5. The number of rotatable bonds is 4. The fourth-order valence-electron chi connectivity index (χ4n) is 3.13. The molecule has 12 heteroatoms. The van der Waals surface area contributed by atoms with Gasteiger partial charge in [0.2, 0.25) is 4.77 Å². The highest BCUT2D eigenvalue weighted by Crippen LogP contribution is 2.33. The number of tetrazole rings is 1. The SMILES string of the molecule is COc1ccccc1-n1nnn([C@H]2C/C(=N\NC(N)=S)[C@@H]3OC[C@H]2O3)c1=S. The van der Waals surface area contributed by atoms with Crippen molar-refractivity contribution in [2.45, 2.75) is 24.9 Å². The Kier molecular flexibility index (Phi) is 4.86. The first kappa shape index (κ1) is 18.0. The second kappa shape index (κ2) is 7.31. The van der Waals surface area contributed by atoms with Crippen molar-refractivity contribution in [3.63, 3.8) is 0 Å². The van der Waals surface area contributed by atoms with Crippen LogP contribution in [0.5, 0.6) is 5.75 Å². The maximum Gasteiger partial charge on any atom is 0.221 e. The van der Waals surface area contributed by atoms with Crippen LogP contribution < -0.4 is 15.9 Å². The predicted molar refractivity (Wildman–Crippen MR) is 102 cm³/mol. The zero-order chi connectivity index (χ0) is 19.0. The molecule has 2 fully saturated rings. The zero-order valence-electron chi connectivity index (χ0n) is 14.3. The highest BCUT2D eigenvalue weighted by molar-refractivity contribution is 7.80. The van der Waals surface area contributed by atoms with E-state index in [1.54, 1.807) is 16.5 Å². The van der Waals surface area contributed by atoms with Gasteiger partial charge in [-0.15, -0.1) is 0 Å². The molecule has 4 rings (SSSR count). The molecule has 0 spiro atoms. The molecule has 3 atom stereocenters. The molecule has 142 valence electrons. The van der Waals surface area contributed by atoms with Gasteiger partial charge in [-0.1, -0.05) is 12.1 Å². The number of benzene rings is 1. The molecule has 3 N–H and O–H groups in total. The van der Waals surface area contributed by atoms with Gasteiger partial charge in [0.25, 0.3) is 0 Å². The van der Waals surface area contributed by atoms with Gasteiger partial charge in [-0.2, -0.15) is 9.78 Å². The Labute approximate surface area is 164 Å². The van der Waals surface area contributed by atoms with Crippen LogP contribution in [0.3, 0.4) is 0 Å². The van der Waals surface area contributed by atoms with Gasteiger partial charge in [0.1, 0.15) is 17.5 Å². The minimum absolute atomic E-state index is 0.0675. The average Bonchev–Trinajstić information content (AvgIpc) is 3.26. The average molecular weight is 407 g/mol. The molecular formula is C15H17N7O3S2. The van der Waals surface area contributed by atoms with Gasteiger partial charge in [-0.3, -0.25) is 5.43 Å². The van der Waals surface area contributed by atoms with E-state index in [0.29, 0.717) is 34.9 Å². The van der Waals surface area contributed by atoms with E-state index in [1.807, 2.05) is 24.3 Å². The number of hydrogen-bond donors (Lipinski definition) is 2. The number of nitrogens with one attached hydrogen (secondary N) is 1. The highest BCUT2D eigenvalue weighted by Gasteiger charge is 2.44. The highest BCUT2D eigenvalue weighted by atomic mass is 32.1. The summed E-state index contributed by atoms with van der Waals surface area (Å²) in [7, 11) is 1.59. The molecule has 3 heterocycles. The molecule has 0 amide bonds. The summed E-state index contributed by atoms with van der Waals surface area (Å²) in [6.07, 6.45) is -0.205. The van der Waals surface area contributed by atoms with Crippen LogP contribution in [0.2, 0.25) is 0 Å². The second-order valence-corrected chi connectivity index (χ2v) is 6.79. The number of nitrogens with two attached hydrogens (primary N) is 1. The van der Waals surface area contributed by atoms with Gasteiger partial charge < -0.3 is 19.9 Å². The number of fused-ring (bicyclic) bond motifs is 2. The molecule has 2 saturated heterocycles. The van der Waals surface area contributed by atoms with Crippen molar-refractivity contribution in [3.05, 3.63) is 29.0 Å². The number of ether oxygens (including phenoxy) is 3. The Balaban J connectivity index is 1.68. The third-order valence-electron chi connectivity index (χ3n) is 4.37. The molecule has 2 bridgehead atoms. The first-order chi connectivity index (χ1) is 13.1. The molecule has 0 radical (unpaired) electrons. The van der Waals surface area contributed by atoms with E-state index in [-0.39, 0.29) is 17.3 Å². The Hall–Kier alpha value is -2.41. The van der Waals surface area contributed by atoms with Crippen LogP contribution in [0.4, 0.5) is 0 Å². The van der Waals surface area contributed by atoms with Gasteiger partial charge in [-0.25, -0.2) is 4.68 Å². The van der Waals surface area contributed by atoms with Crippen molar-refractivity contribution in [2.75, 3.05) is 13.7 Å². The molecule has 1 aromatic carbocycles. The van der Waals surface area contributed by atoms with Crippen molar-refractivity contribution in [1.82, 2.24) is 25.2 Å². The maximum atomic E-state index is 5.88. The Morgan fingerprint density at radius 2 is 2.22 bits per heavy atom. The van der Waals surface area contributed by atoms with E-state index < -0.39 is 6.29 Å². The Bertz CT molecular complexity index is 957. The molecule has 2 aromatic rings. The van der Waals surface area contributed by atoms with Crippen LogP contribution in [-0.2, 0) is 9.47 Å². The van der Waals surface area contributed by atoms with Gasteiger partial charge in [-0.05, 0) is 47.0 Å². The minimum atomic E-state index is -0.522. The number of para-hydroxylation sites is 2. The van der Waals surface area contributed by atoms with Gasteiger partial charge in [0.15, 0.2) is 11.4 Å². The van der Waals surface area contributed by atoms with E-state index in [0.717, 1.165) is 0 Å². The molecule has 2 aliphatic rings. The summed E-state index contributed by atoms with van der Waals surface area (Å²) in [6.45, 7) is 0.407. The fourth-order valence-corrected chi connectivity index (χ4v) is 3.48. The van der Waals surface area contributed by atoms with Gasteiger partial charge in [0.05, 0.1) is 25.5 Å². The normalized spacial score (nSPS) is 25.5. The number of aromatic nitrogens is 4. The Morgan fingerprint density at radius 3 is 3.00 bits per heavy atom. The Morgan fingerprint density at radius 1 is 1.41 bits per heavy atom.